The Balaban J connectivity index is 2.11. The third kappa shape index (κ3) is 6.22. The summed E-state index contributed by atoms with van der Waals surface area (Å²) in [7, 11) is 1.56. The molecule has 0 bridgehead atoms. The molecule has 0 amide bonds. The van der Waals surface area contributed by atoms with E-state index in [1.165, 1.54) is 6.42 Å². The number of hydrogen-bond acceptors (Lipinski definition) is 5. The molecule has 1 aliphatic rings. The first-order valence-corrected chi connectivity index (χ1v) is 9.64. The molecule has 1 aromatic carbocycles. The summed E-state index contributed by atoms with van der Waals surface area (Å²) in [5.41, 5.74) is 2.11. The zero-order valence-corrected chi connectivity index (χ0v) is 17.0. The van der Waals surface area contributed by atoms with E-state index in [1.807, 2.05) is 31.2 Å². The van der Waals surface area contributed by atoms with Crippen LogP contribution in [0.25, 0.3) is 0 Å². The van der Waals surface area contributed by atoms with Crippen molar-refractivity contribution in [1.29, 1.82) is 0 Å². The molecular weight excluding hydrogens is 364 g/mol. The summed E-state index contributed by atoms with van der Waals surface area (Å²) >= 11 is 5.26. The molecule has 1 aromatic rings. The number of unbranched alkanes of at least 4 members (excludes halogenated alkanes) is 2. The topological polar surface area (TPSA) is 68.8 Å². The lowest BCUT2D eigenvalue weighted by atomic mass is 9.95. The number of allylic oxidation sites excluding steroid dienone is 1. The summed E-state index contributed by atoms with van der Waals surface area (Å²) in [6.45, 7) is 5.25. The van der Waals surface area contributed by atoms with Gasteiger partial charge in [-0.15, -0.1) is 0 Å². The average molecular weight is 393 g/mol. The number of carbonyl (C=O) groups is 1. The van der Waals surface area contributed by atoms with Crippen LogP contribution in [0.5, 0.6) is 5.75 Å². The van der Waals surface area contributed by atoms with E-state index in [2.05, 4.69) is 17.6 Å². The quantitative estimate of drug-likeness (QED) is 0.360. The van der Waals surface area contributed by atoms with Gasteiger partial charge in [0.05, 0.1) is 24.8 Å². The SMILES string of the molecule is CCCCCOc1ccc([C@@H]2NC(=S)NC(C)=C2C(=O)OCCOC)cc1. The van der Waals surface area contributed by atoms with Crippen molar-refractivity contribution in [2.24, 2.45) is 0 Å². The molecule has 0 unspecified atom stereocenters. The third-order valence-corrected chi connectivity index (χ3v) is 4.46. The van der Waals surface area contributed by atoms with E-state index in [1.54, 1.807) is 7.11 Å². The van der Waals surface area contributed by atoms with E-state index in [-0.39, 0.29) is 12.6 Å². The zero-order valence-electron chi connectivity index (χ0n) is 16.2. The highest BCUT2D eigenvalue weighted by molar-refractivity contribution is 7.80. The average Bonchev–Trinajstić information content (AvgIpc) is 2.65. The second-order valence-electron chi connectivity index (χ2n) is 6.32. The lowest BCUT2D eigenvalue weighted by Crippen LogP contribution is -2.45. The maximum Gasteiger partial charge on any atom is 0.338 e. The Labute approximate surface area is 166 Å². The normalized spacial score (nSPS) is 16.6. The number of esters is 1. The zero-order chi connectivity index (χ0) is 19.6. The molecule has 1 aliphatic heterocycles. The molecule has 27 heavy (non-hydrogen) atoms. The number of nitrogens with one attached hydrogen (secondary N) is 2. The molecule has 148 valence electrons. The van der Waals surface area contributed by atoms with Crippen LogP contribution in [0, 0.1) is 0 Å². The fourth-order valence-corrected chi connectivity index (χ4v) is 3.08. The highest BCUT2D eigenvalue weighted by Gasteiger charge is 2.30. The van der Waals surface area contributed by atoms with Crippen LogP contribution in [0.1, 0.15) is 44.7 Å². The molecule has 0 aliphatic carbocycles. The van der Waals surface area contributed by atoms with Gasteiger partial charge in [0.1, 0.15) is 12.4 Å². The van der Waals surface area contributed by atoms with Gasteiger partial charge in [0.15, 0.2) is 5.11 Å². The molecular formula is C20H28N2O4S. The largest absolute Gasteiger partial charge is 0.494 e. The van der Waals surface area contributed by atoms with Gasteiger partial charge >= 0.3 is 5.97 Å². The third-order valence-electron chi connectivity index (χ3n) is 4.24. The van der Waals surface area contributed by atoms with E-state index < -0.39 is 5.97 Å². The summed E-state index contributed by atoms with van der Waals surface area (Å²) in [6.07, 6.45) is 3.37. The highest BCUT2D eigenvalue weighted by Crippen LogP contribution is 2.29. The minimum Gasteiger partial charge on any atom is -0.494 e. The highest BCUT2D eigenvalue weighted by atomic mass is 32.1. The predicted octanol–water partition coefficient (Wildman–Crippen LogP) is 3.24. The van der Waals surface area contributed by atoms with Gasteiger partial charge < -0.3 is 24.8 Å². The summed E-state index contributed by atoms with van der Waals surface area (Å²) in [5, 5.41) is 6.63. The monoisotopic (exact) mass is 392 g/mol. The Bertz CT molecular complexity index is 673. The standard InChI is InChI=1S/C20H28N2O4S/c1-4-5-6-11-25-16-9-7-15(8-10-16)18-17(14(2)21-20(27)22-18)19(23)26-13-12-24-3/h7-10,18H,4-6,11-13H2,1-3H3,(H2,21,22,27)/t18-/m0/s1. The van der Waals surface area contributed by atoms with Crippen LogP contribution in [0.4, 0.5) is 0 Å². The number of ether oxygens (including phenoxy) is 3. The fraction of sp³-hybridized carbons (Fsp3) is 0.500. The van der Waals surface area contributed by atoms with Crippen LogP contribution in [0.15, 0.2) is 35.5 Å². The van der Waals surface area contributed by atoms with Crippen LogP contribution in [0.2, 0.25) is 0 Å². The summed E-state index contributed by atoms with van der Waals surface area (Å²) < 4.78 is 16.0. The van der Waals surface area contributed by atoms with Crippen molar-refractivity contribution in [2.75, 3.05) is 26.9 Å². The molecule has 6 nitrogen and oxygen atoms in total. The van der Waals surface area contributed by atoms with Crippen LogP contribution in [0.3, 0.4) is 0 Å². The van der Waals surface area contributed by atoms with Crippen LogP contribution >= 0.6 is 12.2 Å². The van der Waals surface area contributed by atoms with Gasteiger partial charge in [0.2, 0.25) is 0 Å². The van der Waals surface area contributed by atoms with E-state index in [4.69, 9.17) is 26.4 Å². The molecule has 0 aromatic heterocycles. The lowest BCUT2D eigenvalue weighted by Gasteiger charge is -2.30. The van der Waals surface area contributed by atoms with E-state index in [0.29, 0.717) is 29.6 Å². The second-order valence-corrected chi connectivity index (χ2v) is 6.73. The Kier molecular flexibility index (Phi) is 8.54. The van der Waals surface area contributed by atoms with Crippen LogP contribution in [-0.2, 0) is 14.3 Å². The van der Waals surface area contributed by atoms with Crippen molar-refractivity contribution in [3.05, 3.63) is 41.1 Å². The first-order valence-electron chi connectivity index (χ1n) is 9.24. The van der Waals surface area contributed by atoms with Gasteiger partial charge in [-0.05, 0) is 43.3 Å². The molecule has 0 fully saturated rings. The number of carbonyl (C=O) groups excluding carboxylic acids is 1. The molecule has 0 spiro atoms. The number of thiocarbonyl (C=S) groups is 1. The molecule has 7 heteroatoms. The smallest absolute Gasteiger partial charge is 0.338 e. The molecule has 0 radical (unpaired) electrons. The van der Waals surface area contributed by atoms with Crippen molar-refractivity contribution in [3.8, 4) is 5.75 Å². The van der Waals surface area contributed by atoms with Crippen molar-refractivity contribution in [3.63, 3.8) is 0 Å². The van der Waals surface area contributed by atoms with Crippen LogP contribution < -0.4 is 15.4 Å². The Morgan fingerprint density at radius 3 is 2.56 bits per heavy atom. The first kappa shape index (κ1) is 21.2. The minimum absolute atomic E-state index is 0.202. The fourth-order valence-electron chi connectivity index (χ4n) is 2.81. The molecule has 2 rings (SSSR count). The maximum atomic E-state index is 12.6. The predicted molar refractivity (Wildman–Crippen MR) is 109 cm³/mol. The van der Waals surface area contributed by atoms with E-state index in [0.717, 1.165) is 24.2 Å². The van der Waals surface area contributed by atoms with Gasteiger partial charge in [-0.25, -0.2) is 4.79 Å². The van der Waals surface area contributed by atoms with Gasteiger partial charge in [-0.3, -0.25) is 0 Å². The number of hydrogen-bond donors (Lipinski definition) is 2. The van der Waals surface area contributed by atoms with Crippen molar-refractivity contribution in [2.45, 2.75) is 39.2 Å². The Morgan fingerprint density at radius 2 is 1.89 bits per heavy atom. The summed E-state index contributed by atoms with van der Waals surface area (Å²) in [6, 6.07) is 7.34. The minimum atomic E-state index is -0.392. The van der Waals surface area contributed by atoms with Gasteiger partial charge in [-0.1, -0.05) is 31.9 Å². The van der Waals surface area contributed by atoms with Crippen LogP contribution in [-0.4, -0.2) is 38.0 Å². The first-order chi connectivity index (χ1) is 13.1. The Morgan fingerprint density at radius 1 is 1.15 bits per heavy atom. The molecule has 0 saturated heterocycles. The van der Waals surface area contributed by atoms with Gasteiger partial charge in [0, 0.05) is 12.8 Å². The lowest BCUT2D eigenvalue weighted by molar-refractivity contribution is -0.140. The van der Waals surface area contributed by atoms with E-state index >= 15 is 0 Å². The van der Waals surface area contributed by atoms with E-state index in [9.17, 15) is 4.79 Å². The molecule has 1 heterocycles. The number of benzene rings is 1. The number of rotatable bonds is 10. The number of methoxy groups -OCH3 is 1. The van der Waals surface area contributed by atoms with Crippen molar-refractivity contribution in [1.82, 2.24) is 10.6 Å². The van der Waals surface area contributed by atoms with Gasteiger partial charge in [-0.2, -0.15) is 0 Å². The maximum absolute atomic E-state index is 12.6. The Hall–Kier alpha value is -2.12. The molecule has 1 atom stereocenters. The van der Waals surface area contributed by atoms with Crippen molar-refractivity contribution >= 4 is 23.3 Å². The molecule has 2 N–H and O–H groups in total. The summed E-state index contributed by atoms with van der Waals surface area (Å²) in [4.78, 5) is 12.6. The molecule has 0 saturated carbocycles. The van der Waals surface area contributed by atoms with Crippen molar-refractivity contribution < 1.29 is 19.0 Å². The second kappa shape index (κ2) is 10.9. The van der Waals surface area contributed by atoms with Gasteiger partial charge in [0.25, 0.3) is 0 Å². The summed E-state index contributed by atoms with van der Waals surface area (Å²) in [5.74, 6) is 0.424.